The number of methoxy groups -OCH3 is 1. The Morgan fingerprint density at radius 1 is 1.00 bits per heavy atom. The number of aliphatic hydroxyl groups is 1. The minimum Gasteiger partial charge on any atom is -0.384 e. The Morgan fingerprint density at radius 3 is 2.25 bits per heavy atom. The summed E-state index contributed by atoms with van der Waals surface area (Å²) in [6, 6.07) is 9.41. The van der Waals surface area contributed by atoms with Crippen LogP contribution in [0.15, 0.2) is 60.0 Å². The Hall–Kier alpha value is -3.60. The highest BCUT2D eigenvalue weighted by Crippen LogP contribution is 2.51. The second kappa shape index (κ2) is 13.2. The lowest BCUT2D eigenvalue weighted by Crippen LogP contribution is -2.58. The maximum atomic E-state index is 14.0. The monoisotopic (exact) mass is 634 g/mol. The van der Waals surface area contributed by atoms with Gasteiger partial charge in [0.15, 0.2) is 5.82 Å². The topological polar surface area (TPSA) is 100 Å². The minimum absolute atomic E-state index is 0.0973. The fourth-order valence-corrected chi connectivity index (χ4v) is 4.42. The van der Waals surface area contributed by atoms with E-state index in [1.54, 1.807) is 31.2 Å². The fraction of sp³-hybridized carbons (Fsp3) is 0.464. The van der Waals surface area contributed by atoms with Gasteiger partial charge in [-0.1, -0.05) is 48.5 Å². The van der Waals surface area contributed by atoms with Gasteiger partial charge in [0.1, 0.15) is 24.6 Å². The van der Waals surface area contributed by atoms with Crippen LogP contribution in [0.3, 0.4) is 0 Å². The number of nitrogens with zero attached hydrogens (tertiary/aromatic N) is 4. The maximum Gasteiger partial charge on any atom is 0.460 e. The molecular formula is C28H29F7N4O5. The van der Waals surface area contributed by atoms with Gasteiger partial charge in [-0.2, -0.15) is 30.7 Å². The van der Waals surface area contributed by atoms with Crippen molar-refractivity contribution in [1.29, 1.82) is 0 Å². The van der Waals surface area contributed by atoms with Crippen LogP contribution in [0.4, 0.5) is 30.7 Å². The molecule has 0 spiro atoms. The van der Waals surface area contributed by atoms with Crippen LogP contribution >= 0.6 is 0 Å². The van der Waals surface area contributed by atoms with E-state index in [9.17, 15) is 35.8 Å². The van der Waals surface area contributed by atoms with Gasteiger partial charge < -0.3 is 24.2 Å². The minimum atomic E-state index is -6.43. The van der Waals surface area contributed by atoms with Crippen LogP contribution in [0.2, 0.25) is 0 Å². The van der Waals surface area contributed by atoms with Gasteiger partial charge in [-0.05, 0) is 31.0 Å². The van der Waals surface area contributed by atoms with E-state index in [1.165, 1.54) is 19.7 Å². The van der Waals surface area contributed by atoms with Gasteiger partial charge in [-0.15, -0.1) is 5.10 Å². The molecular weight excluding hydrogens is 605 g/mol. The number of alkyl halides is 7. The van der Waals surface area contributed by atoms with Crippen molar-refractivity contribution in [2.45, 2.75) is 69.0 Å². The molecule has 0 unspecified atom stereocenters. The van der Waals surface area contributed by atoms with Crippen molar-refractivity contribution in [2.24, 2.45) is 5.16 Å². The number of hydrogen-bond acceptors (Lipinski definition) is 8. The fourth-order valence-electron chi connectivity index (χ4n) is 4.42. The van der Waals surface area contributed by atoms with E-state index in [-0.39, 0.29) is 11.5 Å². The number of ether oxygens (including phenoxy) is 3. The summed E-state index contributed by atoms with van der Waals surface area (Å²) >= 11 is 0. The molecule has 1 aromatic heterocycles. The second-order valence-electron chi connectivity index (χ2n) is 9.90. The molecule has 3 aromatic rings. The van der Waals surface area contributed by atoms with Gasteiger partial charge in [-0.25, -0.2) is 9.67 Å². The highest BCUT2D eigenvalue weighted by Gasteiger charge is 2.73. The standard InChI is InChI=1S/C28H29F7N4O5/c1-4-13-42-23-21(40)25(43-16(2)22(23)41-3)44-37-14-17-5-7-18(8-6-17)24-36-15-39(38-24)20-11-9-19(10-12-20)26(29,30)27(31,32)28(33,34)35/h5-12,14-16,21-23,25,40H,4,13H2,1-3H3/b37-14+/t16-,21+,22-,23-,25-/m0/s1. The lowest BCUT2D eigenvalue weighted by molar-refractivity contribution is -0.359. The predicted molar refractivity (Wildman–Crippen MR) is 142 cm³/mol. The van der Waals surface area contributed by atoms with Crippen LogP contribution in [-0.2, 0) is 25.0 Å². The number of aliphatic hydroxyl groups excluding tert-OH is 1. The molecule has 1 saturated heterocycles. The zero-order chi connectivity index (χ0) is 32.3. The maximum absolute atomic E-state index is 14.0. The average molecular weight is 635 g/mol. The van der Waals surface area contributed by atoms with E-state index in [0.717, 1.165) is 23.2 Å². The number of benzene rings is 2. The predicted octanol–water partition coefficient (Wildman–Crippen LogP) is 5.49. The van der Waals surface area contributed by atoms with Crippen molar-refractivity contribution < 1.29 is 54.9 Å². The molecule has 2 aromatic carbocycles. The van der Waals surface area contributed by atoms with Gasteiger partial charge >= 0.3 is 18.0 Å². The van der Waals surface area contributed by atoms with Crippen molar-refractivity contribution in [3.05, 3.63) is 66.0 Å². The highest BCUT2D eigenvalue weighted by molar-refractivity contribution is 5.80. The Balaban J connectivity index is 1.40. The molecule has 0 radical (unpaired) electrons. The molecule has 2 heterocycles. The summed E-state index contributed by atoms with van der Waals surface area (Å²) < 4.78 is 110. The summed E-state index contributed by atoms with van der Waals surface area (Å²) in [6.45, 7) is 4.12. The molecule has 16 heteroatoms. The van der Waals surface area contributed by atoms with Crippen LogP contribution in [0.1, 0.15) is 31.4 Å². The van der Waals surface area contributed by atoms with Gasteiger partial charge in [0.25, 0.3) is 6.29 Å². The summed E-state index contributed by atoms with van der Waals surface area (Å²) in [5.74, 6) is -11.5. The summed E-state index contributed by atoms with van der Waals surface area (Å²) in [4.78, 5) is 9.52. The van der Waals surface area contributed by atoms with Crippen molar-refractivity contribution in [2.75, 3.05) is 13.7 Å². The third-order valence-corrected chi connectivity index (χ3v) is 6.81. The van der Waals surface area contributed by atoms with Crippen molar-refractivity contribution in [1.82, 2.24) is 14.8 Å². The van der Waals surface area contributed by atoms with Crippen LogP contribution in [-0.4, -0.2) is 82.6 Å². The Labute approximate surface area is 247 Å². The molecule has 0 bridgehead atoms. The first-order valence-corrected chi connectivity index (χ1v) is 13.3. The first-order chi connectivity index (χ1) is 20.7. The SMILES string of the molecule is CCCO[C@H]1[C@@H](O)[C@H](O/N=C/c2ccc(-c3ncn(-c4ccc(C(F)(F)C(F)(F)C(F)(F)F)cc4)n3)cc2)O[C@@H](C)[C@@H]1OC. The van der Waals surface area contributed by atoms with Crippen molar-refractivity contribution >= 4 is 6.21 Å². The van der Waals surface area contributed by atoms with Gasteiger partial charge in [0, 0.05) is 24.8 Å². The van der Waals surface area contributed by atoms with Gasteiger partial charge in [-0.3, -0.25) is 0 Å². The third-order valence-electron chi connectivity index (χ3n) is 6.81. The van der Waals surface area contributed by atoms with Crippen LogP contribution < -0.4 is 0 Å². The smallest absolute Gasteiger partial charge is 0.384 e. The Morgan fingerprint density at radius 2 is 1.66 bits per heavy atom. The number of oxime groups is 1. The van der Waals surface area contributed by atoms with E-state index in [1.807, 2.05) is 6.92 Å². The molecule has 1 N–H and O–H groups in total. The first-order valence-electron chi connectivity index (χ1n) is 13.3. The van der Waals surface area contributed by atoms with Crippen LogP contribution in [0, 0.1) is 0 Å². The number of rotatable bonds is 11. The van der Waals surface area contributed by atoms with E-state index in [4.69, 9.17) is 19.0 Å². The zero-order valence-corrected chi connectivity index (χ0v) is 23.6. The molecule has 1 aliphatic rings. The van der Waals surface area contributed by atoms with E-state index >= 15 is 0 Å². The molecule has 240 valence electrons. The summed E-state index contributed by atoms with van der Waals surface area (Å²) in [5.41, 5.74) is -0.267. The molecule has 0 amide bonds. The van der Waals surface area contributed by atoms with Crippen molar-refractivity contribution in [3.8, 4) is 17.1 Å². The Kier molecular flexibility index (Phi) is 9.97. The highest BCUT2D eigenvalue weighted by atomic mass is 19.4. The molecule has 9 nitrogen and oxygen atoms in total. The molecule has 0 saturated carbocycles. The summed E-state index contributed by atoms with van der Waals surface area (Å²) in [7, 11) is 1.50. The molecule has 0 aliphatic carbocycles. The lowest BCUT2D eigenvalue weighted by Gasteiger charge is -2.41. The largest absolute Gasteiger partial charge is 0.460 e. The first kappa shape index (κ1) is 33.3. The summed E-state index contributed by atoms with van der Waals surface area (Å²) in [6.07, 6.45) is -6.93. The van der Waals surface area contributed by atoms with Gasteiger partial charge in [0.05, 0.1) is 18.0 Å². The molecule has 44 heavy (non-hydrogen) atoms. The number of hydrogen-bond donors (Lipinski definition) is 1. The van der Waals surface area contributed by atoms with E-state index < -0.39 is 54.3 Å². The molecule has 5 atom stereocenters. The zero-order valence-electron chi connectivity index (χ0n) is 23.6. The van der Waals surface area contributed by atoms with Crippen molar-refractivity contribution in [3.63, 3.8) is 0 Å². The van der Waals surface area contributed by atoms with E-state index in [0.29, 0.717) is 29.9 Å². The second-order valence-corrected chi connectivity index (χ2v) is 9.90. The summed E-state index contributed by atoms with van der Waals surface area (Å²) in [5, 5.41) is 18.8. The molecule has 4 rings (SSSR count). The third kappa shape index (κ3) is 6.72. The average Bonchev–Trinajstić information content (AvgIpc) is 3.48. The molecule has 1 aliphatic heterocycles. The normalized spacial score (nSPS) is 23.3. The van der Waals surface area contributed by atoms with Crippen LogP contribution in [0.5, 0.6) is 0 Å². The Bertz CT molecular complexity index is 1400. The quantitative estimate of drug-likeness (QED) is 0.169. The molecule has 1 fully saturated rings. The number of halogens is 7. The van der Waals surface area contributed by atoms with E-state index in [2.05, 4.69) is 15.2 Å². The number of aromatic nitrogens is 3. The van der Waals surface area contributed by atoms with Gasteiger partial charge in [0.2, 0.25) is 0 Å². The van der Waals surface area contributed by atoms with Crippen LogP contribution in [0.25, 0.3) is 17.1 Å². The lowest BCUT2D eigenvalue weighted by atomic mass is 9.99.